The van der Waals surface area contributed by atoms with Gasteiger partial charge >= 0.3 is 6.09 Å². The highest BCUT2D eigenvalue weighted by molar-refractivity contribution is 7.17. The average Bonchev–Trinajstić information content (AvgIpc) is 3.22. The van der Waals surface area contributed by atoms with Crippen LogP contribution in [0.4, 0.5) is 4.79 Å². The van der Waals surface area contributed by atoms with E-state index in [0.717, 1.165) is 10.4 Å². The van der Waals surface area contributed by atoms with Crippen LogP contribution in [0.2, 0.25) is 5.02 Å². The van der Waals surface area contributed by atoms with Gasteiger partial charge in [0.25, 0.3) is 0 Å². The molecule has 1 fully saturated rings. The van der Waals surface area contributed by atoms with Crippen LogP contribution in [-0.2, 0) is 4.74 Å². The molecule has 1 atom stereocenters. The molecule has 10 heteroatoms. The lowest BCUT2D eigenvalue weighted by Gasteiger charge is -2.38. The van der Waals surface area contributed by atoms with Crippen LogP contribution in [-0.4, -0.2) is 68.4 Å². The zero-order chi connectivity index (χ0) is 20.5. The number of benzene rings is 1. The van der Waals surface area contributed by atoms with Crippen molar-refractivity contribution in [2.45, 2.75) is 19.9 Å². The highest BCUT2D eigenvalue weighted by Gasteiger charge is 2.32. The van der Waals surface area contributed by atoms with Crippen molar-refractivity contribution in [2.24, 2.45) is 0 Å². The first-order chi connectivity index (χ1) is 14.0. The Morgan fingerprint density at radius 1 is 1.28 bits per heavy atom. The SMILES string of the molecule is CCOC(=O)N1CCN([C@@H](c2ccc(Cl)cc2)c2sc3nc(C)nn3c2O)CC1. The summed E-state index contributed by atoms with van der Waals surface area (Å²) in [4.78, 5) is 21.8. The van der Waals surface area contributed by atoms with Crippen molar-refractivity contribution >= 4 is 34.0 Å². The summed E-state index contributed by atoms with van der Waals surface area (Å²) in [5, 5.41) is 15.8. The Morgan fingerprint density at radius 3 is 2.59 bits per heavy atom. The highest BCUT2D eigenvalue weighted by Crippen LogP contribution is 2.40. The van der Waals surface area contributed by atoms with E-state index in [-0.39, 0.29) is 18.0 Å². The number of aryl methyl sites for hydroxylation is 1. The molecule has 0 spiro atoms. The van der Waals surface area contributed by atoms with Crippen molar-refractivity contribution in [2.75, 3.05) is 32.8 Å². The number of aromatic hydroxyl groups is 1. The van der Waals surface area contributed by atoms with Crippen LogP contribution in [0.25, 0.3) is 4.96 Å². The molecule has 1 N–H and O–H groups in total. The lowest BCUT2D eigenvalue weighted by atomic mass is 10.0. The minimum Gasteiger partial charge on any atom is -0.492 e. The number of hydrogen-bond acceptors (Lipinski definition) is 7. The van der Waals surface area contributed by atoms with Crippen LogP contribution in [0.1, 0.15) is 29.2 Å². The molecule has 0 saturated carbocycles. The number of fused-ring (bicyclic) bond motifs is 1. The normalized spacial score (nSPS) is 16.3. The van der Waals surface area contributed by atoms with Gasteiger partial charge in [0, 0.05) is 31.2 Å². The predicted molar refractivity (Wildman–Crippen MR) is 111 cm³/mol. The second-order valence-corrected chi connectivity index (χ2v) is 8.26. The molecule has 1 saturated heterocycles. The van der Waals surface area contributed by atoms with Crippen LogP contribution in [0.15, 0.2) is 24.3 Å². The van der Waals surface area contributed by atoms with Gasteiger partial charge in [0.2, 0.25) is 10.8 Å². The second kappa shape index (κ2) is 8.17. The Bertz CT molecular complexity index is 1010. The summed E-state index contributed by atoms with van der Waals surface area (Å²) < 4.78 is 6.59. The lowest BCUT2D eigenvalue weighted by Crippen LogP contribution is -2.49. The van der Waals surface area contributed by atoms with Crippen molar-refractivity contribution in [3.63, 3.8) is 0 Å². The molecular formula is C19H22ClN5O3S. The molecular weight excluding hydrogens is 414 g/mol. The molecule has 2 aromatic heterocycles. The quantitative estimate of drug-likeness (QED) is 0.676. The van der Waals surface area contributed by atoms with Gasteiger partial charge in [-0.15, -0.1) is 5.10 Å². The standard InChI is InChI=1S/C19H22ClN5O3S/c1-3-28-19(27)24-10-8-23(9-11-24)15(13-4-6-14(20)7-5-13)16-17(26)25-18(29-16)21-12(2)22-25/h4-7,15,26H,3,8-11H2,1-2H3/t15-/m0/s1. The molecule has 4 rings (SSSR count). The van der Waals surface area contributed by atoms with E-state index in [9.17, 15) is 9.90 Å². The van der Waals surface area contributed by atoms with Crippen LogP contribution in [0.3, 0.4) is 0 Å². The molecule has 1 aliphatic heterocycles. The average molecular weight is 436 g/mol. The summed E-state index contributed by atoms with van der Waals surface area (Å²) in [6.45, 7) is 6.38. The van der Waals surface area contributed by atoms with Gasteiger partial charge in [-0.25, -0.2) is 9.78 Å². The minimum atomic E-state index is -0.285. The van der Waals surface area contributed by atoms with E-state index in [1.54, 1.807) is 18.7 Å². The van der Waals surface area contributed by atoms with Crippen LogP contribution >= 0.6 is 22.9 Å². The smallest absolute Gasteiger partial charge is 0.409 e. The van der Waals surface area contributed by atoms with Gasteiger partial charge in [0.1, 0.15) is 5.82 Å². The molecule has 0 radical (unpaired) electrons. The summed E-state index contributed by atoms with van der Waals surface area (Å²) in [7, 11) is 0. The first kappa shape index (κ1) is 19.9. The predicted octanol–water partition coefficient (Wildman–Crippen LogP) is 3.32. The van der Waals surface area contributed by atoms with Gasteiger partial charge in [-0.05, 0) is 31.5 Å². The number of piperazine rings is 1. The lowest BCUT2D eigenvalue weighted by molar-refractivity contribution is 0.0715. The van der Waals surface area contributed by atoms with E-state index in [1.807, 2.05) is 24.3 Å². The van der Waals surface area contributed by atoms with Crippen LogP contribution < -0.4 is 0 Å². The van der Waals surface area contributed by atoms with Gasteiger partial charge in [0.05, 0.1) is 17.5 Å². The second-order valence-electron chi connectivity index (χ2n) is 6.82. The fourth-order valence-corrected chi connectivity index (χ4v) is 4.87. The Kier molecular flexibility index (Phi) is 5.62. The van der Waals surface area contributed by atoms with E-state index < -0.39 is 0 Å². The summed E-state index contributed by atoms with van der Waals surface area (Å²) in [5.74, 6) is 0.711. The molecule has 3 aromatic rings. The molecule has 1 amide bonds. The molecule has 29 heavy (non-hydrogen) atoms. The third-order valence-electron chi connectivity index (χ3n) is 4.95. The molecule has 0 aliphatic carbocycles. The van der Waals surface area contributed by atoms with E-state index >= 15 is 0 Å². The maximum Gasteiger partial charge on any atom is 0.409 e. The number of halogens is 1. The van der Waals surface area contributed by atoms with E-state index in [2.05, 4.69) is 15.0 Å². The van der Waals surface area contributed by atoms with E-state index in [0.29, 0.717) is 48.6 Å². The van der Waals surface area contributed by atoms with Crippen LogP contribution in [0, 0.1) is 6.92 Å². The number of carbonyl (C=O) groups is 1. The van der Waals surface area contributed by atoms with Gasteiger partial charge < -0.3 is 14.7 Å². The molecule has 8 nitrogen and oxygen atoms in total. The third-order valence-corrected chi connectivity index (χ3v) is 6.27. The zero-order valence-corrected chi connectivity index (χ0v) is 17.8. The Hall–Kier alpha value is -2.36. The summed E-state index contributed by atoms with van der Waals surface area (Å²) in [5.41, 5.74) is 1.01. The van der Waals surface area contributed by atoms with E-state index in [4.69, 9.17) is 16.3 Å². The van der Waals surface area contributed by atoms with Gasteiger partial charge in [-0.3, -0.25) is 4.90 Å². The summed E-state index contributed by atoms with van der Waals surface area (Å²) in [6.07, 6.45) is -0.285. The fraction of sp³-hybridized carbons (Fsp3) is 0.421. The number of ether oxygens (including phenoxy) is 1. The molecule has 3 heterocycles. The van der Waals surface area contributed by atoms with Gasteiger partial charge in [0.15, 0.2) is 0 Å². The fourth-order valence-electron chi connectivity index (χ4n) is 3.58. The molecule has 0 bridgehead atoms. The van der Waals surface area contributed by atoms with E-state index in [1.165, 1.54) is 15.9 Å². The summed E-state index contributed by atoms with van der Waals surface area (Å²) in [6, 6.07) is 7.43. The largest absolute Gasteiger partial charge is 0.492 e. The Balaban J connectivity index is 1.66. The summed E-state index contributed by atoms with van der Waals surface area (Å²) >= 11 is 7.50. The first-order valence-electron chi connectivity index (χ1n) is 9.44. The van der Waals surface area contributed by atoms with Crippen molar-refractivity contribution in [1.29, 1.82) is 0 Å². The van der Waals surface area contributed by atoms with Gasteiger partial charge in [-0.2, -0.15) is 4.52 Å². The number of amides is 1. The number of thiazole rings is 1. The molecule has 154 valence electrons. The number of nitrogens with zero attached hydrogens (tertiary/aromatic N) is 5. The van der Waals surface area contributed by atoms with Crippen molar-refractivity contribution in [1.82, 2.24) is 24.4 Å². The number of carbonyl (C=O) groups excluding carboxylic acids is 1. The van der Waals surface area contributed by atoms with Crippen molar-refractivity contribution < 1.29 is 14.6 Å². The van der Waals surface area contributed by atoms with Crippen LogP contribution in [0.5, 0.6) is 5.88 Å². The molecule has 1 aliphatic rings. The number of hydrogen-bond donors (Lipinski definition) is 1. The maximum absolute atomic E-state index is 12.0. The molecule has 1 aromatic carbocycles. The third kappa shape index (κ3) is 3.90. The van der Waals surface area contributed by atoms with Crippen molar-refractivity contribution in [3.8, 4) is 5.88 Å². The van der Waals surface area contributed by atoms with Gasteiger partial charge in [-0.1, -0.05) is 35.1 Å². The topological polar surface area (TPSA) is 83.2 Å². The highest BCUT2D eigenvalue weighted by atomic mass is 35.5. The monoisotopic (exact) mass is 435 g/mol. The maximum atomic E-state index is 12.0. The molecule has 0 unspecified atom stereocenters. The first-order valence-corrected chi connectivity index (χ1v) is 10.6. The zero-order valence-electron chi connectivity index (χ0n) is 16.2. The Labute approximate surface area is 177 Å². The minimum absolute atomic E-state index is 0.0957. The number of aromatic nitrogens is 3. The Morgan fingerprint density at radius 2 is 1.97 bits per heavy atom. The number of rotatable bonds is 4. The van der Waals surface area contributed by atoms with Crippen molar-refractivity contribution in [3.05, 3.63) is 45.6 Å².